The molecule has 3 N–H and O–H groups in total. The Morgan fingerprint density at radius 3 is 2.58 bits per heavy atom. The molecule has 0 aliphatic carbocycles. The van der Waals surface area contributed by atoms with Gasteiger partial charge in [0.15, 0.2) is 11.9 Å². The second-order valence-electron chi connectivity index (χ2n) is 3.52. The highest BCUT2D eigenvalue weighted by atomic mass is 19.1. The fourth-order valence-electron chi connectivity index (χ4n) is 1.13. The van der Waals surface area contributed by atoms with E-state index in [-0.39, 0.29) is 16.3 Å². The lowest BCUT2D eigenvalue weighted by molar-refractivity contribution is -0.121. The number of aromatic amines is 1. The zero-order valence-electron chi connectivity index (χ0n) is 9.58. The van der Waals surface area contributed by atoms with Crippen LogP contribution in [0.5, 0.6) is 0 Å². The van der Waals surface area contributed by atoms with Crippen LogP contribution >= 0.6 is 0 Å². The molecular formula is C10H9FN2O6. The van der Waals surface area contributed by atoms with E-state index in [9.17, 15) is 28.7 Å². The number of aliphatic hydroxyl groups is 2. The molecule has 0 saturated carbocycles. The third kappa shape index (κ3) is 2.83. The van der Waals surface area contributed by atoms with Gasteiger partial charge in [-0.2, -0.15) is 4.39 Å². The molecule has 1 aromatic rings. The van der Waals surface area contributed by atoms with E-state index in [1.54, 1.807) is 0 Å². The largest absolute Gasteiger partial charge is 0.515 e. The molecule has 102 valence electrons. The van der Waals surface area contributed by atoms with Crippen LogP contribution in [0.15, 0.2) is 27.6 Å². The number of carbonyl (C=O) groups is 2. The van der Waals surface area contributed by atoms with Crippen molar-refractivity contribution in [1.82, 2.24) is 9.55 Å². The molecule has 1 heterocycles. The molecule has 1 unspecified atom stereocenters. The first kappa shape index (κ1) is 14.5. The van der Waals surface area contributed by atoms with Crippen molar-refractivity contribution in [3.05, 3.63) is 44.7 Å². The number of carbonyl (C=O) groups excluding carboxylic acids is 2. The third-order valence-electron chi connectivity index (χ3n) is 2.20. The summed E-state index contributed by atoms with van der Waals surface area (Å²) in [4.78, 5) is 46.4. The standard InChI is InChI=1S/C10H9FN2O6/c1-4(3-14)6(15)7(16)9(18)13-2-5(11)8(17)12-10(13)19/h2-3,7,14,16H,1H3,(H,12,17,19). The first-order valence-corrected chi connectivity index (χ1v) is 4.88. The van der Waals surface area contributed by atoms with E-state index >= 15 is 0 Å². The van der Waals surface area contributed by atoms with Crippen molar-refractivity contribution in [1.29, 1.82) is 0 Å². The predicted octanol–water partition coefficient (Wildman–Crippen LogP) is -1.29. The van der Waals surface area contributed by atoms with Gasteiger partial charge in [0.05, 0.1) is 12.5 Å². The first-order valence-electron chi connectivity index (χ1n) is 4.88. The third-order valence-corrected chi connectivity index (χ3v) is 2.20. The highest BCUT2D eigenvalue weighted by molar-refractivity contribution is 6.12. The Balaban J connectivity index is 3.22. The zero-order chi connectivity index (χ0) is 14.7. The van der Waals surface area contributed by atoms with E-state index in [1.807, 2.05) is 0 Å². The maximum Gasteiger partial charge on any atom is 0.335 e. The highest BCUT2D eigenvalue weighted by Crippen LogP contribution is 2.01. The Hall–Kier alpha value is -2.55. The summed E-state index contributed by atoms with van der Waals surface area (Å²) in [5, 5.41) is 18.0. The molecule has 0 spiro atoms. The van der Waals surface area contributed by atoms with E-state index in [0.717, 1.165) is 6.92 Å². The molecule has 1 aromatic heterocycles. The maximum absolute atomic E-state index is 12.9. The lowest BCUT2D eigenvalue weighted by atomic mass is 10.1. The Morgan fingerprint density at radius 1 is 1.47 bits per heavy atom. The quantitative estimate of drug-likeness (QED) is 0.356. The first-order chi connectivity index (χ1) is 8.79. The molecule has 0 radical (unpaired) electrons. The average molecular weight is 272 g/mol. The van der Waals surface area contributed by atoms with Crippen LogP contribution < -0.4 is 11.2 Å². The van der Waals surface area contributed by atoms with Gasteiger partial charge in [0.1, 0.15) is 0 Å². The van der Waals surface area contributed by atoms with Gasteiger partial charge in [0.25, 0.3) is 11.5 Å². The van der Waals surface area contributed by atoms with Gasteiger partial charge in [0.2, 0.25) is 5.82 Å². The minimum absolute atomic E-state index is 0.0595. The van der Waals surface area contributed by atoms with Gasteiger partial charge in [-0.3, -0.25) is 19.4 Å². The second kappa shape index (κ2) is 5.40. The van der Waals surface area contributed by atoms with Crippen LogP contribution in [-0.2, 0) is 4.79 Å². The van der Waals surface area contributed by atoms with E-state index in [2.05, 4.69) is 0 Å². The predicted molar refractivity (Wildman–Crippen MR) is 59.3 cm³/mol. The average Bonchev–Trinajstić information content (AvgIpc) is 2.39. The Bertz CT molecular complexity index is 671. The summed E-state index contributed by atoms with van der Waals surface area (Å²) >= 11 is 0. The van der Waals surface area contributed by atoms with E-state index in [1.165, 1.54) is 4.98 Å². The molecule has 0 fully saturated rings. The van der Waals surface area contributed by atoms with Gasteiger partial charge >= 0.3 is 5.69 Å². The number of hydrogen-bond acceptors (Lipinski definition) is 6. The van der Waals surface area contributed by atoms with Crippen molar-refractivity contribution >= 4 is 11.7 Å². The molecule has 9 heteroatoms. The van der Waals surface area contributed by atoms with Crippen molar-refractivity contribution in [2.45, 2.75) is 13.0 Å². The number of aromatic nitrogens is 2. The van der Waals surface area contributed by atoms with E-state index in [0.29, 0.717) is 6.26 Å². The molecule has 0 bridgehead atoms. The molecule has 8 nitrogen and oxygen atoms in total. The maximum atomic E-state index is 12.9. The van der Waals surface area contributed by atoms with Gasteiger partial charge in [0, 0.05) is 5.57 Å². The lowest BCUT2D eigenvalue weighted by Crippen LogP contribution is -2.42. The van der Waals surface area contributed by atoms with Crippen LogP contribution in [0, 0.1) is 5.82 Å². The van der Waals surface area contributed by atoms with Crippen molar-refractivity contribution in [3.8, 4) is 0 Å². The molecule has 19 heavy (non-hydrogen) atoms. The molecule has 1 atom stereocenters. The van der Waals surface area contributed by atoms with Gasteiger partial charge < -0.3 is 10.2 Å². The number of aliphatic hydroxyl groups excluding tert-OH is 2. The summed E-state index contributed by atoms with van der Waals surface area (Å²) in [6, 6.07) is 0. The van der Waals surface area contributed by atoms with Crippen LogP contribution in [0.1, 0.15) is 11.7 Å². The minimum Gasteiger partial charge on any atom is -0.515 e. The minimum atomic E-state index is -2.30. The molecule has 0 saturated heterocycles. The highest BCUT2D eigenvalue weighted by Gasteiger charge is 2.27. The molecule has 0 aromatic carbocycles. The van der Waals surface area contributed by atoms with Crippen molar-refractivity contribution in [2.75, 3.05) is 0 Å². The molecular weight excluding hydrogens is 263 g/mol. The number of Topliss-reactive ketones (excluding diaryl/α,β-unsaturated/α-hetero) is 1. The summed E-state index contributed by atoms with van der Waals surface area (Å²) in [5.41, 5.74) is -2.96. The van der Waals surface area contributed by atoms with Crippen molar-refractivity contribution in [3.63, 3.8) is 0 Å². The van der Waals surface area contributed by atoms with Gasteiger partial charge in [-0.05, 0) is 6.92 Å². The smallest absolute Gasteiger partial charge is 0.335 e. The lowest BCUT2D eigenvalue weighted by Gasteiger charge is -2.09. The van der Waals surface area contributed by atoms with E-state index in [4.69, 9.17) is 5.11 Å². The molecule has 0 aliphatic heterocycles. The Kier molecular flexibility index (Phi) is 4.12. The summed E-state index contributed by atoms with van der Waals surface area (Å²) in [5.74, 6) is -4.04. The Morgan fingerprint density at radius 2 is 2.05 bits per heavy atom. The Labute approximate surface area is 104 Å². The number of nitrogens with zero attached hydrogens (tertiary/aromatic N) is 1. The number of halogens is 1. The van der Waals surface area contributed by atoms with Gasteiger partial charge in [-0.15, -0.1) is 0 Å². The van der Waals surface area contributed by atoms with Crippen LogP contribution in [0.2, 0.25) is 0 Å². The number of ketones is 1. The summed E-state index contributed by atoms with van der Waals surface area (Å²) in [7, 11) is 0. The monoisotopic (exact) mass is 272 g/mol. The second-order valence-corrected chi connectivity index (χ2v) is 3.52. The molecule has 1 rings (SSSR count). The van der Waals surface area contributed by atoms with Crippen LogP contribution in [-0.4, -0.2) is 37.6 Å². The molecule has 0 aliphatic rings. The number of nitrogens with one attached hydrogen (secondary N) is 1. The van der Waals surface area contributed by atoms with Crippen LogP contribution in [0.25, 0.3) is 0 Å². The van der Waals surface area contributed by atoms with Gasteiger partial charge in [-0.1, -0.05) is 0 Å². The number of rotatable bonds is 3. The van der Waals surface area contributed by atoms with Crippen LogP contribution in [0.4, 0.5) is 4.39 Å². The number of H-pyrrole nitrogens is 1. The fraction of sp³-hybridized carbons (Fsp3) is 0.200. The van der Waals surface area contributed by atoms with Crippen LogP contribution in [0.3, 0.4) is 0 Å². The van der Waals surface area contributed by atoms with Crippen molar-refractivity contribution < 1.29 is 24.2 Å². The molecule has 0 amide bonds. The summed E-state index contributed by atoms with van der Waals surface area (Å²) in [6.07, 6.45) is -1.67. The summed E-state index contributed by atoms with van der Waals surface area (Å²) in [6.45, 7) is 1.12. The normalized spacial score (nSPS) is 13.1. The van der Waals surface area contributed by atoms with Crippen molar-refractivity contribution in [2.24, 2.45) is 0 Å². The summed E-state index contributed by atoms with van der Waals surface area (Å²) < 4.78 is 13.0. The van der Waals surface area contributed by atoms with E-state index < -0.39 is 34.9 Å². The fourth-order valence-corrected chi connectivity index (χ4v) is 1.13. The number of hydrogen-bond donors (Lipinski definition) is 3. The topological polar surface area (TPSA) is 129 Å². The van der Waals surface area contributed by atoms with Gasteiger partial charge in [-0.25, -0.2) is 9.36 Å². The zero-order valence-corrected chi connectivity index (χ0v) is 9.58. The SMILES string of the molecule is CC(=CO)C(=O)C(O)C(=O)n1cc(F)c(=O)[nH]c1=O.